The molecular weight excluding hydrogens is 238 g/mol. The van der Waals surface area contributed by atoms with Crippen LogP contribution in [0.15, 0.2) is 24.5 Å². The van der Waals surface area contributed by atoms with Crippen molar-refractivity contribution in [3.05, 3.63) is 30.1 Å². The highest BCUT2D eigenvalue weighted by molar-refractivity contribution is 5.74. The molecule has 0 bridgehead atoms. The van der Waals surface area contributed by atoms with Crippen molar-refractivity contribution in [3.8, 4) is 0 Å². The van der Waals surface area contributed by atoms with Gasteiger partial charge in [-0.05, 0) is 30.5 Å². The molecule has 1 aliphatic rings. The predicted octanol–water partition coefficient (Wildman–Crippen LogP) is 2.99. The fourth-order valence-electron chi connectivity index (χ4n) is 2.52. The highest BCUT2D eigenvalue weighted by Crippen LogP contribution is 2.16. The van der Waals surface area contributed by atoms with E-state index in [4.69, 9.17) is 0 Å². The lowest BCUT2D eigenvalue weighted by molar-refractivity contribution is 0.233. The van der Waals surface area contributed by atoms with Crippen LogP contribution >= 0.6 is 0 Å². The van der Waals surface area contributed by atoms with Crippen LogP contribution in [0.2, 0.25) is 0 Å². The Morgan fingerprint density at radius 1 is 1.11 bits per heavy atom. The molecule has 1 aliphatic carbocycles. The number of rotatable bonds is 3. The normalized spacial score (nSPS) is 17.3. The largest absolute Gasteiger partial charge is 0.335 e. The van der Waals surface area contributed by atoms with Crippen LogP contribution < -0.4 is 10.6 Å². The van der Waals surface area contributed by atoms with Gasteiger partial charge >= 0.3 is 6.03 Å². The Morgan fingerprint density at radius 3 is 2.42 bits per heavy atom. The summed E-state index contributed by atoms with van der Waals surface area (Å²) in [6, 6.07) is 4.12. The first-order valence-corrected chi connectivity index (χ1v) is 7.28. The zero-order valence-corrected chi connectivity index (χ0v) is 11.4. The molecular formula is C15H23N3O. The van der Waals surface area contributed by atoms with Gasteiger partial charge in [0, 0.05) is 25.0 Å². The standard InChI is InChI=1S/C15H23N3O/c19-15(17-12-13-8-10-16-11-9-13)18-14-6-4-2-1-3-5-7-14/h8-11,14H,1-7,12H2,(H2,17,18,19). The molecule has 0 atom stereocenters. The first kappa shape index (κ1) is 13.8. The second kappa shape index (κ2) is 7.77. The van der Waals surface area contributed by atoms with E-state index in [1.807, 2.05) is 12.1 Å². The van der Waals surface area contributed by atoms with E-state index in [0.29, 0.717) is 12.6 Å². The van der Waals surface area contributed by atoms with E-state index in [-0.39, 0.29) is 6.03 Å². The third-order valence-electron chi connectivity index (χ3n) is 3.64. The summed E-state index contributed by atoms with van der Waals surface area (Å²) in [5.74, 6) is 0. The van der Waals surface area contributed by atoms with Crippen LogP contribution in [0.25, 0.3) is 0 Å². The van der Waals surface area contributed by atoms with Crippen molar-refractivity contribution in [2.75, 3.05) is 0 Å². The number of amides is 2. The molecule has 0 unspecified atom stereocenters. The lowest BCUT2D eigenvalue weighted by Crippen LogP contribution is -2.42. The molecule has 2 amide bonds. The van der Waals surface area contributed by atoms with Gasteiger partial charge in [0.05, 0.1) is 0 Å². The van der Waals surface area contributed by atoms with E-state index < -0.39 is 0 Å². The van der Waals surface area contributed by atoms with Gasteiger partial charge in [0.1, 0.15) is 0 Å². The van der Waals surface area contributed by atoms with Crippen molar-refractivity contribution >= 4 is 6.03 Å². The highest BCUT2D eigenvalue weighted by Gasteiger charge is 2.13. The lowest BCUT2D eigenvalue weighted by Gasteiger charge is -2.21. The average Bonchev–Trinajstić information content (AvgIpc) is 2.41. The zero-order chi connectivity index (χ0) is 13.3. The monoisotopic (exact) mass is 261 g/mol. The van der Waals surface area contributed by atoms with E-state index >= 15 is 0 Å². The number of urea groups is 1. The molecule has 2 N–H and O–H groups in total. The number of aromatic nitrogens is 1. The number of nitrogens with zero attached hydrogens (tertiary/aromatic N) is 1. The number of carbonyl (C=O) groups excluding carboxylic acids is 1. The van der Waals surface area contributed by atoms with E-state index in [9.17, 15) is 4.79 Å². The first-order valence-electron chi connectivity index (χ1n) is 7.28. The Morgan fingerprint density at radius 2 is 1.74 bits per heavy atom. The van der Waals surface area contributed by atoms with Crippen LogP contribution in [0.1, 0.15) is 50.5 Å². The minimum absolute atomic E-state index is 0.0533. The summed E-state index contributed by atoms with van der Waals surface area (Å²) in [7, 11) is 0. The quantitative estimate of drug-likeness (QED) is 0.878. The molecule has 0 aromatic carbocycles. The number of hydrogen-bond donors (Lipinski definition) is 2. The second-order valence-corrected chi connectivity index (χ2v) is 5.22. The van der Waals surface area contributed by atoms with Gasteiger partial charge in [-0.25, -0.2) is 4.79 Å². The van der Waals surface area contributed by atoms with Crippen molar-refractivity contribution in [1.29, 1.82) is 0 Å². The molecule has 0 spiro atoms. The highest BCUT2D eigenvalue weighted by atomic mass is 16.2. The molecule has 4 nitrogen and oxygen atoms in total. The van der Waals surface area contributed by atoms with Gasteiger partial charge in [-0.3, -0.25) is 4.98 Å². The maximum Gasteiger partial charge on any atom is 0.315 e. The van der Waals surface area contributed by atoms with Crippen LogP contribution in [0, 0.1) is 0 Å². The van der Waals surface area contributed by atoms with E-state index in [1.165, 1.54) is 32.1 Å². The smallest absolute Gasteiger partial charge is 0.315 e. The molecule has 0 radical (unpaired) electrons. The number of nitrogens with one attached hydrogen (secondary N) is 2. The summed E-state index contributed by atoms with van der Waals surface area (Å²) in [6.07, 6.45) is 12.1. The van der Waals surface area contributed by atoms with Crippen LogP contribution in [-0.2, 0) is 6.54 Å². The molecule has 4 heteroatoms. The van der Waals surface area contributed by atoms with Crippen molar-refractivity contribution in [2.24, 2.45) is 0 Å². The van der Waals surface area contributed by atoms with Gasteiger partial charge in [0.15, 0.2) is 0 Å². The molecule has 0 aliphatic heterocycles. The van der Waals surface area contributed by atoms with Crippen LogP contribution in [0.5, 0.6) is 0 Å². The summed E-state index contributed by atoms with van der Waals surface area (Å²) < 4.78 is 0. The van der Waals surface area contributed by atoms with Crippen molar-refractivity contribution in [1.82, 2.24) is 15.6 Å². The predicted molar refractivity (Wildman–Crippen MR) is 75.7 cm³/mol. The lowest BCUT2D eigenvalue weighted by atomic mass is 9.97. The fraction of sp³-hybridized carbons (Fsp3) is 0.600. The Kier molecular flexibility index (Phi) is 5.66. The maximum absolute atomic E-state index is 11.8. The van der Waals surface area contributed by atoms with Gasteiger partial charge in [0.2, 0.25) is 0 Å². The SMILES string of the molecule is O=C(NCc1ccncc1)NC1CCCCCCC1. The van der Waals surface area contributed by atoms with Crippen LogP contribution in [-0.4, -0.2) is 17.1 Å². The third-order valence-corrected chi connectivity index (χ3v) is 3.64. The van der Waals surface area contributed by atoms with Crippen molar-refractivity contribution < 1.29 is 4.79 Å². The molecule has 1 aromatic rings. The summed E-state index contributed by atoms with van der Waals surface area (Å²) in [6.45, 7) is 0.557. The molecule has 0 saturated heterocycles. The number of carbonyl (C=O) groups is 1. The maximum atomic E-state index is 11.8. The third kappa shape index (κ3) is 5.28. The molecule has 1 fully saturated rings. The zero-order valence-electron chi connectivity index (χ0n) is 11.4. The topological polar surface area (TPSA) is 54.0 Å². The van der Waals surface area contributed by atoms with Gasteiger partial charge in [0.25, 0.3) is 0 Å². The van der Waals surface area contributed by atoms with Crippen LogP contribution in [0.3, 0.4) is 0 Å². The Hall–Kier alpha value is -1.58. The molecule has 1 aromatic heterocycles. The summed E-state index contributed by atoms with van der Waals surface area (Å²) in [5, 5.41) is 6.00. The number of pyridine rings is 1. The summed E-state index contributed by atoms with van der Waals surface area (Å²) >= 11 is 0. The van der Waals surface area contributed by atoms with E-state index in [2.05, 4.69) is 15.6 Å². The summed E-state index contributed by atoms with van der Waals surface area (Å²) in [5.41, 5.74) is 1.07. The molecule has 104 valence electrons. The minimum atomic E-state index is -0.0533. The average molecular weight is 261 g/mol. The van der Waals surface area contributed by atoms with Crippen molar-refractivity contribution in [3.63, 3.8) is 0 Å². The van der Waals surface area contributed by atoms with Crippen molar-refractivity contribution in [2.45, 2.75) is 57.5 Å². The van der Waals surface area contributed by atoms with E-state index in [1.54, 1.807) is 12.4 Å². The molecule has 19 heavy (non-hydrogen) atoms. The fourth-order valence-corrected chi connectivity index (χ4v) is 2.52. The molecule has 1 saturated carbocycles. The van der Waals surface area contributed by atoms with E-state index in [0.717, 1.165) is 18.4 Å². The van der Waals surface area contributed by atoms with Crippen LogP contribution in [0.4, 0.5) is 4.79 Å². The Labute approximate surface area is 115 Å². The van der Waals surface area contributed by atoms with Gasteiger partial charge < -0.3 is 10.6 Å². The minimum Gasteiger partial charge on any atom is -0.335 e. The second-order valence-electron chi connectivity index (χ2n) is 5.22. The van der Waals surface area contributed by atoms with Gasteiger partial charge in [-0.1, -0.05) is 32.1 Å². The molecule has 2 rings (SSSR count). The molecule has 1 heterocycles. The number of hydrogen-bond acceptors (Lipinski definition) is 2. The first-order chi connectivity index (χ1) is 9.34. The van der Waals surface area contributed by atoms with Gasteiger partial charge in [-0.15, -0.1) is 0 Å². The Bertz CT molecular complexity index is 372. The summed E-state index contributed by atoms with van der Waals surface area (Å²) in [4.78, 5) is 15.8. The Balaban J connectivity index is 1.71. The van der Waals surface area contributed by atoms with Gasteiger partial charge in [-0.2, -0.15) is 0 Å².